The molecule has 0 aliphatic heterocycles. The van der Waals surface area contributed by atoms with E-state index in [9.17, 15) is 4.79 Å². The van der Waals surface area contributed by atoms with Crippen LogP contribution in [0.4, 0.5) is 0 Å². The van der Waals surface area contributed by atoms with Crippen molar-refractivity contribution in [3.05, 3.63) is 29.9 Å². The van der Waals surface area contributed by atoms with E-state index >= 15 is 0 Å². The van der Waals surface area contributed by atoms with Crippen molar-refractivity contribution >= 4 is 12.4 Å². The molecule has 13 heavy (non-hydrogen) atoms. The summed E-state index contributed by atoms with van der Waals surface area (Å²) in [5, 5.41) is 0. The standard InChI is InChI=1S/C10H10N2O/c13-5-1-2-8-6-11-10(12-7-8)9-3-4-9/h1-2,5-7,9H,3-4H2. The summed E-state index contributed by atoms with van der Waals surface area (Å²) in [5.74, 6) is 1.52. The lowest BCUT2D eigenvalue weighted by molar-refractivity contribution is -0.104. The van der Waals surface area contributed by atoms with Crippen molar-refractivity contribution in [2.75, 3.05) is 0 Å². The maximum atomic E-state index is 10.0. The van der Waals surface area contributed by atoms with Crippen molar-refractivity contribution in [2.24, 2.45) is 0 Å². The lowest BCUT2D eigenvalue weighted by Gasteiger charge is -1.95. The summed E-state index contributed by atoms with van der Waals surface area (Å²) in [6.07, 6.45) is 9.81. The van der Waals surface area contributed by atoms with E-state index in [0.29, 0.717) is 5.92 Å². The van der Waals surface area contributed by atoms with Crippen LogP contribution in [-0.4, -0.2) is 16.3 Å². The number of aldehydes is 1. The number of rotatable bonds is 3. The van der Waals surface area contributed by atoms with Gasteiger partial charge in [0, 0.05) is 23.9 Å². The lowest BCUT2D eigenvalue weighted by atomic mass is 10.3. The van der Waals surface area contributed by atoms with Gasteiger partial charge in [0.1, 0.15) is 12.1 Å². The molecular weight excluding hydrogens is 164 g/mol. The first-order valence-electron chi connectivity index (χ1n) is 4.34. The molecule has 0 saturated heterocycles. The Balaban J connectivity index is 2.12. The smallest absolute Gasteiger partial charge is 0.142 e. The minimum absolute atomic E-state index is 0.587. The summed E-state index contributed by atoms with van der Waals surface area (Å²) < 4.78 is 0. The van der Waals surface area contributed by atoms with Crippen molar-refractivity contribution in [1.82, 2.24) is 9.97 Å². The molecule has 0 bridgehead atoms. The van der Waals surface area contributed by atoms with Gasteiger partial charge in [0.25, 0.3) is 0 Å². The van der Waals surface area contributed by atoms with Crippen molar-refractivity contribution in [3.8, 4) is 0 Å². The first-order chi connectivity index (χ1) is 6.40. The third-order valence-electron chi connectivity index (χ3n) is 2.00. The Morgan fingerprint density at radius 1 is 1.31 bits per heavy atom. The van der Waals surface area contributed by atoms with Gasteiger partial charge in [-0.15, -0.1) is 0 Å². The molecular formula is C10H10N2O. The molecule has 1 aromatic heterocycles. The Morgan fingerprint density at radius 2 is 2.00 bits per heavy atom. The fraction of sp³-hybridized carbons (Fsp3) is 0.300. The summed E-state index contributed by atoms with van der Waals surface area (Å²) in [6.45, 7) is 0. The molecule has 1 saturated carbocycles. The highest BCUT2D eigenvalue weighted by Crippen LogP contribution is 2.37. The van der Waals surface area contributed by atoms with Crippen molar-refractivity contribution in [2.45, 2.75) is 18.8 Å². The Bertz CT molecular complexity index is 325. The molecule has 0 radical (unpaired) electrons. The molecule has 1 aliphatic carbocycles. The number of allylic oxidation sites excluding steroid dienone is 1. The van der Waals surface area contributed by atoms with E-state index in [1.54, 1.807) is 18.5 Å². The average molecular weight is 174 g/mol. The van der Waals surface area contributed by atoms with Crippen LogP contribution in [0.25, 0.3) is 6.08 Å². The van der Waals surface area contributed by atoms with Crippen LogP contribution in [0.2, 0.25) is 0 Å². The minimum Gasteiger partial charge on any atom is -0.299 e. The van der Waals surface area contributed by atoms with Gasteiger partial charge in [-0.2, -0.15) is 0 Å². The summed E-state index contributed by atoms with van der Waals surface area (Å²) in [6, 6.07) is 0. The first-order valence-corrected chi connectivity index (χ1v) is 4.34. The van der Waals surface area contributed by atoms with Gasteiger partial charge >= 0.3 is 0 Å². The third kappa shape index (κ3) is 1.99. The van der Waals surface area contributed by atoms with Crippen molar-refractivity contribution in [1.29, 1.82) is 0 Å². The summed E-state index contributed by atoms with van der Waals surface area (Å²) in [4.78, 5) is 18.5. The molecule has 0 atom stereocenters. The molecule has 0 N–H and O–H groups in total. The van der Waals surface area contributed by atoms with E-state index in [1.165, 1.54) is 18.9 Å². The SMILES string of the molecule is O=CC=Cc1cnc(C2CC2)nc1. The molecule has 1 fully saturated rings. The van der Waals surface area contributed by atoms with Gasteiger partial charge in [-0.3, -0.25) is 4.79 Å². The number of carbonyl (C=O) groups excluding carboxylic acids is 1. The maximum Gasteiger partial charge on any atom is 0.142 e. The van der Waals surface area contributed by atoms with E-state index in [-0.39, 0.29) is 0 Å². The predicted molar refractivity (Wildman–Crippen MR) is 49.1 cm³/mol. The van der Waals surface area contributed by atoms with E-state index in [4.69, 9.17) is 0 Å². The Labute approximate surface area is 76.5 Å². The van der Waals surface area contributed by atoms with Crippen LogP contribution < -0.4 is 0 Å². The highest BCUT2D eigenvalue weighted by molar-refractivity contribution is 5.73. The third-order valence-corrected chi connectivity index (χ3v) is 2.00. The second-order valence-corrected chi connectivity index (χ2v) is 3.14. The number of hydrogen-bond donors (Lipinski definition) is 0. The second-order valence-electron chi connectivity index (χ2n) is 3.14. The molecule has 0 spiro atoms. The number of nitrogens with zero attached hydrogens (tertiary/aromatic N) is 2. The van der Waals surface area contributed by atoms with E-state index in [0.717, 1.165) is 17.7 Å². The van der Waals surface area contributed by atoms with Gasteiger partial charge < -0.3 is 0 Å². The van der Waals surface area contributed by atoms with Crippen molar-refractivity contribution < 1.29 is 4.79 Å². The number of hydrogen-bond acceptors (Lipinski definition) is 3. The molecule has 3 nitrogen and oxygen atoms in total. The molecule has 66 valence electrons. The van der Waals surface area contributed by atoms with Crippen LogP contribution in [0.15, 0.2) is 18.5 Å². The van der Waals surface area contributed by atoms with Gasteiger partial charge in [-0.05, 0) is 25.0 Å². The number of aromatic nitrogens is 2. The highest BCUT2D eigenvalue weighted by Gasteiger charge is 2.25. The Hall–Kier alpha value is -1.51. The molecule has 1 aromatic rings. The minimum atomic E-state index is 0.587. The monoisotopic (exact) mass is 174 g/mol. The van der Waals surface area contributed by atoms with Gasteiger partial charge in [0.15, 0.2) is 0 Å². The van der Waals surface area contributed by atoms with E-state index < -0.39 is 0 Å². The van der Waals surface area contributed by atoms with Gasteiger partial charge in [0.2, 0.25) is 0 Å². The molecule has 0 unspecified atom stereocenters. The lowest BCUT2D eigenvalue weighted by Crippen LogP contribution is -1.91. The van der Waals surface area contributed by atoms with Crippen LogP contribution >= 0.6 is 0 Å². The van der Waals surface area contributed by atoms with Gasteiger partial charge in [-0.25, -0.2) is 9.97 Å². The fourth-order valence-electron chi connectivity index (χ4n) is 1.14. The summed E-state index contributed by atoms with van der Waals surface area (Å²) >= 11 is 0. The Morgan fingerprint density at radius 3 is 2.54 bits per heavy atom. The quantitative estimate of drug-likeness (QED) is 0.516. The number of carbonyl (C=O) groups is 1. The predicted octanol–water partition coefficient (Wildman–Crippen LogP) is 1.57. The summed E-state index contributed by atoms with van der Waals surface area (Å²) in [5.41, 5.74) is 0.872. The average Bonchev–Trinajstić information content (AvgIpc) is 2.99. The first kappa shape index (κ1) is 8.10. The molecule has 0 amide bonds. The topological polar surface area (TPSA) is 42.9 Å². The zero-order chi connectivity index (χ0) is 9.10. The van der Waals surface area contributed by atoms with E-state index in [1.807, 2.05) is 0 Å². The van der Waals surface area contributed by atoms with Gasteiger partial charge in [-0.1, -0.05) is 0 Å². The van der Waals surface area contributed by atoms with Crippen LogP contribution in [0.3, 0.4) is 0 Å². The highest BCUT2D eigenvalue weighted by atomic mass is 16.1. The zero-order valence-electron chi connectivity index (χ0n) is 7.18. The largest absolute Gasteiger partial charge is 0.299 e. The van der Waals surface area contributed by atoms with Crippen LogP contribution in [0.1, 0.15) is 30.1 Å². The van der Waals surface area contributed by atoms with E-state index in [2.05, 4.69) is 9.97 Å². The van der Waals surface area contributed by atoms with Crippen LogP contribution in [0, 0.1) is 0 Å². The Kier molecular flexibility index (Phi) is 2.17. The maximum absolute atomic E-state index is 10.0. The molecule has 1 aliphatic rings. The fourth-order valence-corrected chi connectivity index (χ4v) is 1.14. The van der Waals surface area contributed by atoms with Crippen molar-refractivity contribution in [3.63, 3.8) is 0 Å². The second kappa shape index (κ2) is 3.47. The van der Waals surface area contributed by atoms with Gasteiger partial charge in [0.05, 0.1) is 0 Å². The van der Waals surface area contributed by atoms with Crippen LogP contribution in [-0.2, 0) is 4.79 Å². The molecule has 0 aromatic carbocycles. The normalized spacial score (nSPS) is 16.3. The molecule has 3 heteroatoms. The summed E-state index contributed by atoms with van der Waals surface area (Å²) in [7, 11) is 0. The van der Waals surface area contributed by atoms with Crippen LogP contribution in [0.5, 0.6) is 0 Å². The zero-order valence-corrected chi connectivity index (χ0v) is 7.18. The molecule has 1 heterocycles. The molecule has 2 rings (SSSR count).